The number of morpholine rings is 1. The number of fused-ring (bicyclic) bond motifs is 1. The highest BCUT2D eigenvalue weighted by molar-refractivity contribution is 5.84. The van der Waals surface area contributed by atoms with E-state index in [1.54, 1.807) is 4.52 Å². The molecule has 0 aromatic carbocycles. The summed E-state index contributed by atoms with van der Waals surface area (Å²) in [6.45, 7) is 6.61. The number of nitrogens with zero attached hydrogens (tertiary/aromatic N) is 5. The third-order valence-corrected chi connectivity index (χ3v) is 4.66. The van der Waals surface area contributed by atoms with Crippen molar-refractivity contribution in [3.8, 4) is 0 Å². The maximum atomic E-state index is 12.3. The number of methoxy groups -OCH3 is 1. The summed E-state index contributed by atoms with van der Waals surface area (Å²) in [6.07, 6.45) is 0.531. The Kier molecular flexibility index (Phi) is 6.40. The number of nitrogens with one attached hydrogen (secondary N) is 1. The van der Waals surface area contributed by atoms with Crippen LogP contribution in [0.15, 0.2) is 12.1 Å². The van der Waals surface area contributed by atoms with Gasteiger partial charge >= 0.3 is 5.97 Å². The smallest absolute Gasteiger partial charge is 0.328 e. The molecule has 1 amide bonds. The van der Waals surface area contributed by atoms with Gasteiger partial charge in [-0.1, -0.05) is 13.8 Å². The van der Waals surface area contributed by atoms with E-state index >= 15 is 0 Å². The maximum absolute atomic E-state index is 12.3. The topological polar surface area (TPSA) is 111 Å². The minimum Gasteiger partial charge on any atom is -0.467 e. The van der Waals surface area contributed by atoms with Gasteiger partial charge in [0.05, 0.1) is 20.3 Å². The van der Waals surface area contributed by atoms with E-state index in [1.165, 1.54) is 7.11 Å². The van der Waals surface area contributed by atoms with E-state index in [1.807, 2.05) is 26.0 Å². The minimum atomic E-state index is -0.668. The number of aromatic nitrogens is 4. The van der Waals surface area contributed by atoms with Gasteiger partial charge in [-0.3, -0.25) is 4.79 Å². The standard InChI is InChI=1S/C18H26N6O4/c1-12(2)17(18(26)27-3)19-16(25)7-6-14-21-20-13-4-5-15(22-24(13)14)23-8-10-28-11-9-23/h4-5,12,17H,6-11H2,1-3H3,(H,19,25)/t17-/m1/s1. The summed E-state index contributed by atoms with van der Waals surface area (Å²) in [6, 6.07) is 3.11. The fraction of sp³-hybridized carbons (Fsp3) is 0.611. The lowest BCUT2D eigenvalue weighted by atomic mass is 10.0. The monoisotopic (exact) mass is 390 g/mol. The second kappa shape index (κ2) is 8.96. The van der Waals surface area contributed by atoms with Crippen LogP contribution in [0.4, 0.5) is 5.82 Å². The number of ether oxygens (including phenoxy) is 2. The van der Waals surface area contributed by atoms with Gasteiger partial charge in [0.15, 0.2) is 11.5 Å². The van der Waals surface area contributed by atoms with Crippen LogP contribution in [0.5, 0.6) is 0 Å². The van der Waals surface area contributed by atoms with Crippen molar-refractivity contribution in [1.29, 1.82) is 0 Å². The maximum Gasteiger partial charge on any atom is 0.328 e. The molecule has 1 N–H and O–H groups in total. The molecule has 3 heterocycles. The average molecular weight is 390 g/mol. The van der Waals surface area contributed by atoms with E-state index in [9.17, 15) is 9.59 Å². The zero-order valence-corrected chi connectivity index (χ0v) is 16.4. The van der Waals surface area contributed by atoms with E-state index in [0.29, 0.717) is 31.1 Å². The van der Waals surface area contributed by atoms with Crippen LogP contribution in [0.3, 0.4) is 0 Å². The van der Waals surface area contributed by atoms with Gasteiger partial charge in [0.1, 0.15) is 11.9 Å². The van der Waals surface area contributed by atoms with Crippen molar-refractivity contribution in [3.63, 3.8) is 0 Å². The number of carbonyl (C=O) groups excluding carboxylic acids is 2. The minimum absolute atomic E-state index is 0.0666. The number of hydrogen-bond acceptors (Lipinski definition) is 8. The number of esters is 1. The molecule has 0 unspecified atom stereocenters. The Hall–Kier alpha value is -2.75. The Morgan fingerprint density at radius 2 is 2.00 bits per heavy atom. The quantitative estimate of drug-likeness (QED) is 0.668. The summed E-state index contributed by atoms with van der Waals surface area (Å²) in [4.78, 5) is 26.2. The van der Waals surface area contributed by atoms with Crippen molar-refractivity contribution in [2.45, 2.75) is 32.7 Å². The molecule has 3 rings (SSSR count). The van der Waals surface area contributed by atoms with Crippen LogP contribution in [0, 0.1) is 5.92 Å². The van der Waals surface area contributed by atoms with E-state index in [2.05, 4.69) is 25.5 Å². The van der Waals surface area contributed by atoms with E-state index in [0.717, 1.165) is 18.9 Å². The molecule has 1 saturated heterocycles. The molecule has 10 nitrogen and oxygen atoms in total. The zero-order valence-electron chi connectivity index (χ0n) is 16.4. The normalized spacial score (nSPS) is 15.6. The van der Waals surface area contributed by atoms with Gasteiger partial charge in [0.2, 0.25) is 5.91 Å². The van der Waals surface area contributed by atoms with Gasteiger partial charge in [-0.05, 0) is 18.1 Å². The van der Waals surface area contributed by atoms with Gasteiger partial charge in [-0.15, -0.1) is 15.3 Å². The third-order valence-electron chi connectivity index (χ3n) is 4.66. The lowest BCUT2D eigenvalue weighted by Gasteiger charge is -2.27. The molecule has 1 fully saturated rings. The summed E-state index contributed by atoms with van der Waals surface area (Å²) < 4.78 is 11.8. The molecule has 2 aromatic rings. The number of carbonyl (C=O) groups is 2. The Labute approximate surface area is 163 Å². The lowest BCUT2D eigenvalue weighted by Crippen LogP contribution is -2.45. The molecule has 1 aliphatic heterocycles. The van der Waals surface area contributed by atoms with Crippen LogP contribution in [0.1, 0.15) is 26.1 Å². The first kappa shape index (κ1) is 20.0. The van der Waals surface area contributed by atoms with Crippen molar-refractivity contribution in [1.82, 2.24) is 25.1 Å². The molecule has 0 bridgehead atoms. The zero-order chi connectivity index (χ0) is 20.1. The summed E-state index contributed by atoms with van der Waals surface area (Å²) in [7, 11) is 1.31. The van der Waals surface area contributed by atoms with E-state index in [-0.39, 0.29) is 18.2 Å². The van der Waals surface area contributed by atoms with Crippen LogP contribution in [-0.4, -0.2) is 71.1 Å². The Morgan fingerprint density at radius 1 is 1.25 bits per heavy atom. The van der Waals surface area contributed by atoms with E-state index < -0.39 is 12.0 Å². The first-order valence-corrected chi connectivity index (χ1v) is 9.41. The van der Waals surface area contributed by atoms with Crippen LogP contribution in [0.25, 0.3) is 5.65 Å². The van der Waals surface area contributed by atoms with Gasteiger partial charge in [0.25, 0.3) is 0 Å². The summed E-state index contributed by atoms with van der Waals surface area (Å²) >= 11 is 0. The highest BCUT2D eigenvalue weighted by Crippen LogP contribution is 2.14. The molecule has 10 heteroatoms. The fourth-order valence-corrected chi connectivity index (χ4v) is 3.04. The van der Waals surface area contributed by atoms with Crippen molar-refractivity contribution in [3.05, 3.63) is 18.0 Å². The molecule has 1 aliphatic rings. The predicted octanol–water partition coefficient (Wildman–Crippen LogP) is 0.207. The molecule has 1 atom stereocenters. The van der Waals surface area contributed by atoms with Gasteiger partial charge < -0.3 is 19.7 Å². The Bertz CT molecular complexity index is 831. The van der Waals surface area contributed by atoms with E-state index in [4.69, 9.17) is 9.47 Å². The fourth-order valence-electron chi connectivity index (χ4n) is 3.04. The predicted molar refractivity (Wildman–Crippen MR) is 101 cm³/mol. The van der Waals surface area contributed by atoms with Crippen LogP contribution in [-0.2, 0) is 25.5 Å². The third kappa shape index (κ3) is 4.56. The highest BCUT2D eigenvalue weighted by Gasteiger charge is 2.25. The van der Waals surface area contributed by atoms with Gasteiger partial charge in [-0.2, -0.15) is 4.52 Å². The molecule has 2 aromatic heterocycles. The summed E-state index contributed by atoms with van der Waals surface area (Å²) in [5, 5.41) is 15.6. The number of rotatable bonds is 7. The molecule has 0 saturated carbocycles. The summed E-state index contributed by atoms with van der Waals surface area (Å²) in [5.74, 6) is 0.660. The second-order valence-corrected chi connectivity index (χ2v) is 6.99. The number of amides is 1. The SMILES string of the molecule is COC(=O)[C@H](NC(=O)CCc1nnc2ccc(N3CCOCC3)nn12)C(C)C. The Balaban J connectivity index is 1.66. The lowest BCUT2D eigenvalue weighted by molar-refractivity contribution is -0.146. The second-order valence-electron chi connectivity index (χ2n) is 6.99. The molecule has 0 spiro atoms. The molecule has 28 heavy (non-hydrogen) atoms. The number of anilines is 1. The molecule has 0 radical (unpaired) electrons. The number of hydrogen-bond donors (Lipinski definition) is 1. The van der Waals surface area contributed by atoms with Crippen molar-refractivity contribution in [2.75, 3.05) is 38.3 Å². The van der Waals surface area contributed by atoms with Crippen molar-refractivity contribution in [2.24, 2.45) is 5.92 Å². The van der Waals surface area contributed by atoms with Crippen LogP contribution in [0.2, 0.25) is 0 Å². The van der Waals surface area contributed by atoms with Gasteiger partial charge in [0, 0.05) is 25.9 Å². The van der Waals surface area contributed by atoms with Crippen LogP contribution < -0.4 is 10.2 Å². The first-order chi connectivity index (χ1) is 13.5. The molecule has 152 valence electrons. The van der Waals surface area contributed by atoms with Crippen LogP contribution >= 0.6 is 0 Å². The molecular weight excluding hydrogens is 364 g/mol. The first-order valence-electron chi connectivity index (χ1n) is 9.41. The number of aryl methyl sites for hydroxylation is 1. The van der Waals surface area contributed by atoms with Crippen molar-refractivity contribution >= 4 is 23.3 Å². The molecule has 0 aliphatic carbocycles. The van der Waals surface area contributed by atoms with Gasteiger partial charge in [-0.25, -0.2) is 4.79 Å². The average Bonchev–Trinajstić information content (AvgIpc) is 3.12. The summed E-state index contributed by atoms with van der Waals surface area (Å²) in [5.41, 5.74) is 0.627. The molecular formula is C18H26N6O4. The largest absolute Gasteiger partial charge is 0.467 e. The highest BCUT2D eigenvalue weighted by atomic mass is 16.5. The Morgan fingerprint density at radius 3 is 2.68 bits per heavy atom. The van der Waals surface area contributed by atoms with Crippen molar-refractivity contribution < 1.29 is 19.1 Å².